The summed E-state index contributed by atoms with van der Waals surface area (Å²) in [4.78, 5) is 11.3. The predicted octanol–water partition coefficient (Wildman–Crippen LogP) is 10.9. The zero-order valence-corrected chi connectivity index (χ0v) is 24.5. The molecule has 0 aliphatic carbocycles. The number of nitrogens with zero attached hydrogens (tertiary/aromatic N) is 3. The maximum Gasteiger partial charge on any atom is 0.160 e. The minimum absolute atomic E-state index is 0.736. The van der Waals surface area contributed by atoms with Gasteiger partial charge in [0.2, 0.25) is 0 Å². The summed E-state index contributed by atoms with van der Waals surface area (Å²) in [5.74, 6) is 0.736. The van der Waals surface area contributed by atoms with E-state index >= 15 is 0 Å². The van der Waals surface area contributed by atoms with Gasteiger partial charge in [-0.05, 0) is 47.0 Å². The zero-order valence-electron chi connectivity index (χ0n) is 23.7. The van der Waals surface area contributed by atoms with Crippen molar-refractivity contribution in [3.63, 3.8) is 0 Å². The summed E-state index contributed by atoms with van der Waals surface area (Å²) in [5, 5.41) is 2.29. The van der Waals surface area contributed by atoms with Crippen LogP contribution in [-0.2, 0) is 0 Å². The van der Waals surface area contributed by atoms with Crippen LogP contribution in [0.3, 0.4) is 0 Å². The zero-order chi connectivity index (χ0) is 29.0. The van der Waals surface area contributed by atoms with Crippen molar-refractivity contribution in [1.29, 1.82) is 0 Å². The monoisotopic (exact) mass is 579 g/mol. The number of hydrogen-bond donors (Lipinski definition) is 0. The average molecular weight is 580 g/mol. The quantitative estimate of drug-likeness (QED) is 0.208. The summed E-state index contributed by atoms with van der Waals surface area (Å²) < 4.78 is 3.72. The molecule has 0 saturated carbocycles. The van der Waals surface area contributed by atoms with E-state index in [-0.39, 0.29) is 0 Å². The van der Waals surface area contributed by atoms with Gasteiger partial charge in [0.05, 0.1) is 26.9 Å². The fraction of sp³-hybridized carbons (Fsp3) is 0. The molecular weight excluding hydrogens is 555 g/mol. The Morgan fingerprint density at radius 3 is 2.02 bits per heavy atom. The molecule has 0 bridgehead atoms. The van der Waals surface area contributed by atoms with Gasteiger partial charge in [0, 0.05) is 27.5 Å². The second-order valence-corrected chi connectivity index (χ2v) is 12.1. The number of benzene rings is 6. The molecule has 3 nitrogen and oxygen atoms in total. The molecule has 3 aromatic heterocycles. The van der Waals surface area contributed by atoms with Crippen molar-refractivity contribution < 1.29 is 0 Å². The van der Waals surface area contributed by atoms with E-state index in [0.717, 1.165) is 33.5 Å². The maximum atomic E-state index is 5.15. The Bertz CT molecular complexity index is 2490. The van der Waals surface area contributed by atoms with Crippen molar-refractivity contribution >= 4 is 48.2 Å². The van der Waals surface area contributed by atoms with Crippen LogP contribution in [0.5, 0.6) is 0 Å². The van der Waals surface area contributed by atoms with Gasteiger partial charge < -0.3 is 0 Å². The van der Waals surface area contributed by atoms with Crippen LogP contribution in [0.25, 0.3) is 81.8 Å². The Kier molecular flexibility index (Phi) is 5.68. The molecule has 0 fully saturated rings. The lowest BCUT2D eigenvalue weighted by Crippen LogP contribution is -1.95. The molecule has 0 unspecified atom stereocenters. The number of para-hydroxylation sites is 2. The SMILES string of the molecule is c1ccc(-c2ccc3c(-c4cccc(-c5nc(-c6ccccc6)nc6ccccc56)c4)c4sc5ccccc5n4c3c2)cc1. The second kappa shape index (κ2) is 10.0. The van der Waals surface area contributed by atoms with Crippen LogP contribution in [0.1, 0.15) is 0 Å². The highest BCUT2D eigenvalue weighted by Crippen LogP contribution is 2.44. The molecule has 0 amide bonds. The molecule has 0 aliphatic heterocycles. The molecule has 4 heteroatoms. The largest absolute Gasteiger partial charge is 0.299 e. The Labute approximate surface area is 258 Å². The standard InChI is InChI=1S/C40H25N3S/c1-3-12-26(13-4-1)28-22-23-32-35(25-28)43-34-20-9-10-21-36(34)44-40(43)37(32)29-16-11-17-30(24-29)38-31-18-7-8-19-33(31)41-39(42-38)27-14-5-2-6-15-27/h1-25H. The van der Waals surface area contributed by atoms with Gasteiger partial charge in [-0.15, -0.1) is 11.3 Å². The molecule has 3 heterocycles. The fourth-order valence-electron chi connectivity index (χ4n) is 6.36. The summed E-state index contributed by atoms with van der Waals surface area (Å²) in [6.07, 6.45) is 0. The lowest BCUT2D eigenvalue weighted by Gasteiger charge is -2.11. The van der Waals surface area contributed by atoms with E-state index in [4.69, 9.17) is 9.97 Å². The van der Waals surface area contributed by atoms with Crippen molar-refractivity contribution in [2.24, 2.45) is 0 Å². The molecule has 0 radical (unpaired) electrons. The van der Waals surface area contributed by atoms with Crippen LogP contribution in [0.15, 0.2) is 152 Å². The van der Waals surface area contributed by atoms with Gasteiger partial charge in [-0.25, -0.2) is 9.97 Å². The van der Waals surface area contributed by atoms with Gasteiger partial charge in [0.15, 0.2) is 5.82 Å². The van der Waals surface area contributed by atoms with Crippen LogP contribution in [-0.4, -0.2) is 14.4 Å². The minimum Gasteiger partial charge on any atom is -0.299 e. The molecule has 0 spiro atoms. The molecule has 9 aromatic rings. The van der Waals surface area contributed by atoms with Gasteiger partial charge in [0.25, 0.3) is 0 Å². The summed E-state index contributed by atoms with van der Waals surface area (Å²) in [7, 11) is 0. The predicted molar refractivity (Wildman–Crippen MR) is 185 cm³/mol. The number of hydrogen-bond acceptors (Lipinski definition) is 3. The Balaban J connectivity index is 1.30. The van der Waals surface area contributed by atoms with Gasteiger partial charge in [-0.3, -0.25) is 4.40 Å². The van der Waals surface area contributed by atoms with Crippen LogP contribution >= 0.6 is 11.3 Å². The van der Waals surface area contributed by atoms with Crippen LogP contribution in [0.2, 0.25) is 0 Å². The molecule has 6 aromatic carbocycles. The topological polar surface area (TPSA) is 30.2 Å². The van der Waals surface area contributed by atoms with Crippen molar-refractivity contribution in [3.05, 3.63) is 152 Å². The Morgan fingerprint density at radius 1 is 0.455 bits per heavy atom. The van der Waals surface area contributed by atoms with E-state index < -0.39 is 0 Å². The Morgan fingerprint density at radius 2 is 1.16 bits per heavy atom. The van der Waals surface area contributed by atoms with E-state index in [1.165, 1.54) is 48.2 Å². The molecule has 206 valence electrons. The van der Waals surface area contributed by atoms with E-state index in [1.54, 1.807) is 0 Å². The Hall–Kier alpha value is -5.58. The summed E-state index contributed by atoms with van der Waals surface area (Å²) in [5.41, 5.74) is 11.3. The average Bonchev–Trinajstić information content (AvgIpc) is 3.63. The number of thiazole rings is 1. The van der Waals surface area contributed by atoms with Crippen molar-refractivity contribution in [2.45, 2.75) is 0 Å². The minimum atomic E-state index is 0.736. The third kappa shape index (κ3) is 3.96. The third-order valence-electron chi connectivity index (χ3n) is 8.40. The summed E-state index contributed by atoms with van der Waals surface area (Å²) in [6.45, 7) is 0. The van der Waals surface area contributed by atoms with Crippen LogP contribution in [0.4, 0.5) is 0 Å². The first kappa shape index (κ1) is 25.0. The smallest absolute Gasteiger partial charge is 0.160 e. The number of aromatic nitrogens is 3. The molecule has 0 N–H and O–H groups in total. The highest BCUT2D eigenvalue weighted by Gasteiger charge is 2.20. The van der Waals surface area contributed by atoms with E-state index in [0.29, 0.717) is 0 Å². The highest BCUT2D eigenvalue weighted by molar-refractivity contribution is 7.24. The lowest BCUT2D eigenvalue weighted by molar-refractivity contribution is 1.23. The molecule has 0 aliphatic rings. The van der Waals surface area contributed by atoms with Crippen LogP contribution < -0.4 is 0 Å². The number of fused-ring (bicyclic) bond motifs is 6. The molecule has 44 heavy (non-hydrogen) atoms. The van der Waals surface area contributed by atoms with Gasteiger partial charge in [-0.1, -0.05) is 121 Å². The maximum absolute atomic E-state index is 5.15. The molecule has 9 rings (SSSR count). The highest BCUT2D eigenvalue weighted by atomic mass is 32.1. The fourth-order valence-corrected chi connectivity index (χ4v) is 7.59. The summed E-state index contributed by atoms with van der Waals surface area (Å²) >= 11 is 1.85. The second-order valence-electron chi connectivity index (χ2n) is 11.0. The lowest BCUT2D eigenvalue weighted by atomic mass is 9.98. The van der Waals surface area contributed by atoms with Crippen LogP contribution in [0, 0.1) is 0 Å². The molecular formula is C40H25N3S. The van der Waals surface area contributed by atoms with Gasteiger partial charge in [0.1, 0.15) is 4.83 Å². The molecule has 0 atom stereocenters. The summed E-state index contributed by atoms with van der Waals surface area (Å²) in [6, 6.07) is 53.6. The van der Waals surface area contributed by atoms with Crippen molar-refractivity contribution in [3.8, 4) is 44.9 Å². The van der Waals surface area contributed by atoms with E-state index in [1.807, 2.05) is 35.6 Å². The van der Waals surface area contributed by atoms with Gasteiger partial charge >= 0.3 is 0 Å². The van der Waals surface area contributed by atoms with E-state index in [9.17, 15) is 0 Å². The normalized spacial score (nSPS) is 11.6. The van der Waals surface area contributed by atoms with E-state index in [2.05, 4.69) is 132 Å². The van der Waals surface area contributed by atoms with Crippen molar-refractivity contribution in [1.82, 2.24) is 14.4 Å². The first-order valence-corrected chi connectivity index (χ1v) is 15.6. The van der Waals surface area contributed by atoms with Crippen molar-refractivity contribution in [2.75, 3.05) is 0 Å². The first-order valence-electron chi connectivity index (χ1n) is 14.8. The first-order chi connectivity index (χ1) is 21.8. The third-order valence-corrected chi connectivity index (χ3v) is 9.55. The van der Waals surface area contributed by atoms with Gasteiger partial charge in [-0.2, -0.15) is 0 Å². The number of rotatable bonds is 4. The molecule has 0 saturated heterocycles.